The number of anilines is 2. The van der Waals surface area contributed by atoms with Gasteiger partial charge in [-0.25, -0.2) is 0 Å². The Morgan fingerprint density at radius 1 is 1.15 bits per heavy atom. The Kier molecular flexibility index (Phi) is 7.82. The van der Waals surface area contributed by atoms with Gasteiger partial charge < -0.3 is 27.4 Å². The van der Waals surface area contributed by atoms with E-state index in [0.29, 0.717) is 17.0 Å². The van der Waals surface area contributed by atoms with Crippen LogP contribution in [0.2, 0.25) is 0 Å². The van der Waals surface area contributed by atoms with Crippen molar-refractivity contribution in [1.82, 2.24) is 5.32 Å². The second-order valence-electron chi connectivity index (χ2n) is 7.51. The molecule has 2 aromatic carbocycles. The number of nitrogens with zero attached hydrogens (tertiary/aromatic N) is 3. The topological polar surface area (TPSA) is 122 Å². The maximum Gasteiger partial charge on any atom is 0.270 e. The normalized spacial score (nSPS) is 17.3. The number of carbonyl (C=O) groups is 2. The van der Waals surface area contributed by atoms with E-state index in [0.717, 1.165) is 31.9 Å². The number of carbonyl (C=O) groups excluding carboxylic acids is 2. The second kappa shape index (κ2) is 10.6. The molecule has 0 unspecified atom stereocenters. The number of nitro benzene ring substituents is 1. The number of nitrogens with two attached hydrogens (primary N) is 1. The number of hydrogen-bond acceptors (Lipinski definition) is 7. The van der Waals surface area contributed by atoms with Gasteiger partial charge in [0.15, 0.2) is 5.11 Å². The van der Waals surface area contributed by atoms with E-state index in [2.05, 4.69) is 15.5 Å². The number of non-ortho nitro benzene ring substituents is 1. The number of nitrogens with one attached hydrogen (secondary N) is 1. The Hall–Kier alpha value is -3.54. The molecule has 2 amide bonds. The third kappa shape index (κ3) is 5.01. The first kappa shape index (κ1) is 25.1. The molecule has 2 aromatic rings. The van der Waals surface area contributed by atoms with Crippen LogP contribution in [-0.2, 0) is 9.59 Å². The maximum atomic E-state index is 13.3. The number of ether oxygens (including phenoxy) is 1. The van der Waals surface area contributed by atoms with E-state index in [1.807, 2.05) is 0 Å². The molecule has 10 nitrogen and oxygen atoms in total. The van der Waals surface area contributed by atoms with Crippen molar-refractivity contribution in [3.63, 3.8) is 0 Å². The summed E-state index contributed by atoms with van der Waals surface area (Å²) in [7, 11) is 1.53. The number of rotatable bonds is 5. The van der Waals surface area contributed by atoms with Crippen molar-refractivity contribution >= 4 is 52.3 Å². The van der Waals surface area contributed by atoms with Gasteiger partial charge in [-0.3, -0.25) is 29.9 Å². The lowest BCUT2D eigenvalue weighted by Crippen LogP contribution is -3.00. The summed E-state index contributed by atoms with van der Waals surface area (Å²) in [6, 6.07) is 11.1. The van der Waals surface area contributed by atoms with Crippen LogP contribution < -0.4 is 37.6 Å². The van der Waals surface area contributed by atoms with Gasteiger partial charge in [-0.05, 0) is 48.6 Å². The molecule has 2 fully saturated rings. The van der Waals surface area contributed by atoms with Crippen molar-refractivity contribution in [2.45, 2.75) is 0 Å². The zero-order valence-electron chi connectivity index (χ0n) is 18.2. The van der Waals surface area contributed by atoms with Crippen LogP contribution in [0.15, 0.2) is 48.0 Å². The maximum absolute atomic E-state index is 13.3. The van der Waals surface area contributed by atoms with Crippen molar-refractivity contribution in [2.24, 2.45) is 0 Å². The molecule has 12 heteroatoms. The van der Waals surface area contributed by atoms with Gasteiger partial charge in [0, 0.05) is 23.4 Å². The van der Waals surface area contributed by atoms with Crippen LogP contribution in [0.5, 0.6) is 5.75 Å². The molecule has 0 aliphatic carbocycles. The molecule has 0 spiro atoms. The van der Waals surface area contributed by atoms with E-state index in [-0.39, 0.29) is 28.8 Å². The van der Waals surface area contributed by atoms with Crippen LogP contribution >= 0.6 is 12.2 Å². The molecule has 34 heavy (non-hydrogen) atoms. The third-order valence-electron chi connectivity index (χ3n) is 5.50. The molecule has 2 aliphatic heterocycles. The van der Waals surface area contributed by atoms with Gasteiger partial charge in [0.1, 0.15) is 11.3 Å². The Labute approximate surface area is 207 Å². The first-order valence-electron chi connectivity index (χ1n) is 10.3. The van der Waals surface area contributed by atoms with Gasteiger partial charge in [-0.2, -0.15) is 0 Å². The number of piperazine rings is 1. The van der Waals surface area contributed by atoms with Crippen molar-refractivity contribution < 1.29 is 37.0 Å². The lowest BCUT2D eigenvalue weighted by atomic mass is 10.0. The van der Waals surface area contributed by atoms with Gasteiger partial charge in [0.25, 0.3) is 17.5 Å². The van der Waals surface area contributed by atoms with Crippen molar-refractivity contribution in [3.05, 3.63) is 63.7 Å². The fourth-order valence-electron chi connectivity index (χ4n) is 3.83. The molecule has 0 atom stereocenters. The molecule has 4 rings (SSSR count). The van der Waals surface area contributed by atoms with Crippen LogP contribution in [0.3, 0.4) is 0 Å². The lowest BCUT2D eigenvalue weighted by molar-refractivity contribution is -0.655. The van der Waals surface area contributed by atoms with Crippen molar-refractivity contribution in [1.29, 1.82) is 0 Å². The Bertz CT molecular complexity index is 1160. The van der Waals surface area contributed by atoms with Gasteiger partial charge in [-0.15, -0.1) is 0 Å². The second-order valence-corrected chi connectivity index (χ2v) is 7.90. The molecule has 0 saturated carbocycles. The summed E-state index contributed by atoms with van der Waals surface area (Å²) in [5.74, 6) is -0.661. The van der Waals surface area contributed by atoms with E-state index in [9.17, 15) is 19.7 Å². The van der Waals surface area contributed by atoms with E-state index in [4.69, 9.17) is 17.0 Å². The number of thiocarbonyl (C=S) groups is 1. The molecule has 0 bridgehead atoms. The van der Waals surface area contributed by atoms with Crippen LogP contribution in [0.1, 0.15) is 5.56 Å². The first-order valence-corrected chi connectivity index (χ1v) is 10.7. The summed E-state index contributed by atoms with van der Waals surface area (Å²) in [4.78, 5) is 40.2. The fourth-order valence-corrected chi connectivity index (χ4v) is 4.11. The highest BCUT2D eigenvalue weighted by Gasteiger charge is 2.35. The van der Waals surface area contributed by atoms with Gasteiger partial charge in [-0.1, -0.05) is 0 Å². The number of quaternary nitrogens is 1. The van der Waals surface area contributed by atoms with Gasteiger partial charge >= 0.3 is 0 Å². The minimum absolute atomic E-state index is 0. The van der Waals surface area contributed by atoms with E-state index in [1.54, 1.807) is 30.3 Å². The van der Waals surface area contributed by atoms with Gasteiger partial charge in [0.05, 0.1) is 43.9 Å². The quantitative estimate of drug-likeness (QED) is 0.156. The summed E-state index contributed by atoms with van der Waals surface area (Å²) in [5, 5.41) is 16.1. The summed E-state index contributed by atoms with van der Waals surface area (Å²) in [6.45, 7) is 3.25. The highest BCUT2D eigenvalue weighted by atomic mass is 35.5. The Balaban J connectivity index is 0.00000324. The number of nitro groups is 1. The zero-order valence-corrected chi connectivity index (χ0v) is 19.8. The average molecular weight is 504 g/mol. The van der Waals surface area contributed by atoms with Crippen molar-refractivity contribution in [2.75, 3.05) is 43.1 Å². The Morgan fingerprint density at radius 2 is 1.82 bits per heavy atom. The summed E-state index contributed by atoms with van der Waals surface area (Å²) in [6.07, 6.45) is 1.40. The Morgan fingerprint density at radius 3 is 2.44 bits per heavy atom. The van der Waals surface area contributed by atoms with E-state index in [1.165, 1.54) is 30.2 Å². The van der Waals surface area contributed by atoms with E-state index < -0.39 is 16.7 Å². The first-order chi connectivity index (χ1) is 15.9. The smallest absolute Gasteiger partial charge is 0.270 e. The molecular formula is C22H22ClN5O5S. The molecule has 0 radical (unpaired) electrons. The highest BCUT2D eigenvalue weighted by molar-refractivity contribution is 7.80. The molecule has 2 aliphatic rings. The predicted molar refractivity (Wildman–Crippen MR) is 126 cm³/mol. The zero-order chi connectivity index (χ0) is 23.5. The van der Waals surface area contributed by atoms with Gasteiger partial charge in [0.2, 0.25) is 0 Å². The largest absolute Gasteiger partial charge is 1.00 e. The minimum atomic E-state index is -0.654. The lowest BCUT2D eigenvalue weighted by Gasteiger charge is -2.30. The monoisotopic (exact) mass is 503 g/mol. The molecule has 3 N–H and O–H groups in total. The SMILES string of the molecule is COc1ccc(N2C(=O)/C(=C\c3cc([N+](=O)[O-])ccc3N3CC[NH2+]CC3)C(=O)NC2=S)cc1.[Cl-]. The van der Waals surface area contributed by atoms with Crippen LogP contribution in [-0.4, -0.2) is 55.1 Å². The summed E-state index contributed by atoms with van der Waals surface area (Å²) < 4.78 is 5.15. The standard InChI is InChI=1S/C22H21N5O5S.ClH/c1-32-17-5-2-15(3-6-17)26-21(29)18(20(28)24-22(26)33)13-14-12-16(27(30)31)4-7-19(14)25-10-8-23-9-11-25;/h2-7,12-13,23H,8-11H2,1H3,(H,24,28,33);1H/b18-13-;. The fraction of sp³-hybridized carbons (Fsp3) is 0.227. The molecule has 2 saturated heterocycles. The molecule has 2 heterocycles. The molecule has 0 aromatic heterocycles. The number of hydrogen-bond donors (Lipinski definition) is 2. The van der Waals surface area contributed by atoms with Crippen molar-refractivity contribution in [3.8, 4) is 5.75 Å². The third-order valence-corrected chi connectivity index (χ3v) is 5.79. The average Bonchev–Trinajstić information content (AvgIpc) is 2.82. The highest BCUT2D eigenvalue weighted by Crippen LogP contribution is 2.30. The molecule has 178 valence electrons. The summed E-state index contributed by atoms with van der Waals surface area (Å²) >= 11 is 5.24. The minimum Gasteiger partial charge on any atom is -1.00 e. The number of halogens is 1. The number of amides is 2. The number of benzene rings is 2. The predicted octanol–water partition coefficient (Wildman–Crippen LogP) is -2.18. The van der Waals surface area contributed by atoms with Crippen LogP contribution in [0.25, 0.3) is 6.08 Å². The van der Waals surface area contributed by atoms with Crippen LogP contribution in [0, 0.1) is 10.1 Å². The summed E-state index contributed by atoms with van der Waals surface area (Å²) in [5.41, 5.74) is 1.32. The number of methoxy groups -OCH3 is 1. The van der Waals surface area contributed by atoms with Crippen LogP contribution in [0.4, 0.5) is 17.1 Å². The van der Waals surface area contributed by atoms with E-state index >= 15 is 0 Å². The molecular weight excluding hydrogens is 482 g/mol.